The van der Waals surface area contributed by atoms with Gasteiger partial charge in [0, 0.05) is 26.0 Å². The lowest BCUT2D eigenvalue weighted by molar-refractivity contribution is -0.119. The van der Waals surface area contributed by atoms with Crippen molar-refractivity contribution in [2.75, 3.05) is 20.3 Å². The highest BCUT2D eigenvalue weighted by Crippen LogP contribution is 2.15. The third-order valence-corrected chi connectivity index (χ3v) is 2.56. The van der Waals surface area contributed by atoms with Crippen molar-refractivity contribution in [3.05, 3.63) is 29.8 Å². The Labute approximate surface area is 102 Å². The second kappa shape index (κ2) is 6.91. The summed E-state index contributed by atoms with van der Waals surface area (Å²) in [6, 6.07) is 7.72. The molecule has 0 saturated heterocycles. The maximum Gasteiger partial charge on any atom is 0.216 e. The van der Waals surface area contributed by atoms with Crippen molar-refractivity contribution in [1.82, 2.24) is 5.32 Å². The largest absolute Gasteiger partial charge is 0.497 e. The summed E-state index contributed by atoms with van der Waals surface area (Å²) in [7, 11) is 1.62. The molecule has 0 aliphatic heterocycles. The highest BCUT2D eigenvalue weighted by molar-refractivity contribution is 5.72. The molecule has 0 bridgehead atoms. The van der Waals surface area contributed by atoms with Gasteiger partial charge in [-0.05, 0) is 24.1 Å². The molecule has 94 valence electrons. The summed E-state index contributed by atoms with van der Waals surface area (Å²) in [5, 5.41) is 12.0. The molecule has 0 fully saturated rings. The Morgan fingerprint density at radius 2 is 2.29 bits per heavy atom. The SMILES string of the molecule is COc1cccc(CC(CO)CNC(C)=O)c1. The minimum absolute atomic E-state index is 0.0333. The van der Waals surface area contributed by atoms with Gasteiger partial charge in [0.15, 0.2) is 0 Å². The van der Waals surface area contributed by atoms with Crippen molar-refractivity contribution >= 4 is 5.91 Å². The number of nitrogens with one attached hydrogen (secondary N) is 1. The van der Waals surface area contributed by atoms with Crippen LogP contribution in [0.15, 0.2) is 24.3 Å². The zero-order valence-electron chi connectivity index (χ0n) is 10.3. The van der Waals surface area contributed by atoms with Crippen LogP contribution in [0, 0.1) is 5.92 Å². The Bertz CT molecular complexity index is 365. The molecule has 1 aromatic carbocycles. The van der Waals surface area contributed by atoms with Crippen LogP contribution >= 0.6 is 0 Å². The van der Waals surface area contributed by atoms with Crippen molar-refractivity contribution in [3.63, 3.8) is 0 Å². The molecule has 17 heavy (non-hydrogen) atoms. The van der Waals surface area contributed by atoms with Crippen LogP contribution < -0.4 is 10.1 Å². The van der Waals surface area contributed by atoms with Gasteiger partial charge in [-0.3, -0.25) is 4.79 Å². The fourth-order valence-electron chi connectivity index (χ4n) is 1.62. The monoisotopic (exact) mass is 237 g/mol. The van der Waals surface area contributed by atoms with E-state index in [-0.39, 0.29) is 18.4 Å². The van der Waals surface area contributed by atoms with E-state index in [2.05, 4.69) is 5.32 Å². The summed E-state index contributed by atoms with van der Waals surface area (Å²) >= 11 is 0. The summed E-state index contributed by atoms with van der Waals surface area (Å²) in [6.07, 6.45) is 0.716. The molecular weight excluding hydrogens is 218 g/mol. The fraction of sp³-hybridized carbons (Fsp3) is 0.462. The topological polar surface area (TPSA) is 58.6 Å². The van der Waals surface area contributed by atoms with E-state index in [1.165, 1.54) is 6.92 Å². The van der Waals surface area contributed by atoms with Gasteiger partial charge in [-0.1, -0.05) is 12.1 Å². The molecule has 4 nitrogen and oxygen atoms in total. The first-order chi connectivity index (χ1) is 8.15. The third kappa shape index (κ3) is 4.87. The normalized spacial score (nSPS) is 11.9. The lowest BCUT2D eigenvalue weighted by Gasteiger charge is -2.14. The number of hydrogen-bond acceptors (Lipinski definition) is 3. The second-order valence-corrected chi connectivity index (χ2v) is 4.04. The molecule has 0 aliphatic carbocycles. The van der Waals surface area contributed by atoms with Crippen LogP contribution in [-0.2, 0) is 11.2 Å². The van der Waals surface area contributed by atoms with Crippen LogP contribution in [0.5, 0.6) is 5.75 Å². The highest BCUT2D eigenvalue weighted by Gasteiger charge is 2.09. The standard InChI is InChI=1S/C13H19NO3/c1-10(16)14-8-12(9-15)6-11-4-3-5-13(7-11)17-2/h3-5,7,12,15H,6,8-9H2,1-2H3,(H,14,16). The minimum atomic E-state index is -0.0749. The predicted octanol–water partition coefficient (Wildman–Crippen LogP) is 0.982. The van der Waals surface area contributed by atoms with Crippen molar-refractivity contribution in [1.29, 1.82) is 0 Å². The van der Waals surface area contributed by atoms with Crippen LogP contribution in [-0.4, -0.2) is 31.3 Å². The molecule has 1 aromatic rings. The van der Waals surface area contributed by atoms with Crippen LogP contribution in [0.3, 0.4) is 0 Å². The number of methoxy groups -OCH3 is 1. The van der Waals surface area contributed by atoms with Gasteiger partial charge in [0.25, 0.3) is 0 Å². The molecule has 4 heteroatoms. The Kier molecular flexibility index (Phi) is 5.49. The van der Waals surface area contributed by atoms with E-state index in [9.17, 15) is 9.90 Å². The summed E-state index contributed by atoms with van der Waals surface area (Å²) in [6.45, 7) is 2.01. The Morgan fingerprint density at radius 1 is 1.53 bits per heavy atom. The van der Waals surface area contributed by atoms with Crippen LogP contribution in [0.4, 0.5) is 0 Å². The Hall–Kier alpha value is -1.55. The zero-order valence-corrected chi connectivity index (χ0v) is 10.3. The molecule has 0 heterocycles. The number of ether oxygens (including phenoxy) is 1. The summed E-state index contributed by atoms with van der Waals surface area (Å²) < 4.78 is 5.14. The number of amides is 1. The maximum absolute atomic E-state index is 10.8. The molecule has 1 atom stereocenters. The van der Waals surface area contributed by atoms with Gasteiger partial charge in [-0.15, -0.1) is 0 Å². The van der Waals surface area contributed by atoms with Crippen molar-refractivity contribution in [2.24, 2.45) is 5.92 Å². The highest BCUT2D eigenvalue weighted by atomic mass is 16.5. The molecule has 2 N–H and O–H groups in total. The number of aliphatic hydroxyl groups is 1. The van der Waals surface area contributed by atoms with Crippen LogP contribution in [0.2, 0.25) is 0 Å². The van der Waals surface area contributed by atoms with Gasteiger partial charge in [-0.2, -0.15) is 0 Å². The van der Waals surface area contributed by atoms with E-state index in [1.54, 1.807) is 7.11 Å². The lowest BCUT2D eigenvalue weighted by Crippen LogP contribution is -2.30. The van der Waals surface area contributed by atoms with Crippen LogP contribution in [0.25, 0.3) is 0 Å². The van der Waals surface area contributed by atoms with E-state index < -0.39 is 0 Å². The van der Waals surface area contributed by atoms with E-state index in [0.29, 0.717) is 13.0 Å². The summed E-state index contributed by atoms with van der Waals surface area (Å²) in [5.41, 5.74) is 1.09. The first-order valence-electron chi connectivity index (χ1n) is 5.64. The molecular formula is C13H19NO3. The smallest absolute Gasteiger partial charge is 0.216 e. The quantitative estimate of drug-likeness (QED) is 0.775. The van der Waals surface area contributed by atoms with E-state index in [1.807, 2.05) is 24.3 Å². The van der Waals surface area contributed by atoms with Gasteiger partial charge in [-0.25, -0.2) is 0 Å². The minimum Gasteiger partial charge on any atom is -0.497 e. The Morgan fingerprint density at radius 3 is 2.88 bits per heavy atom. The summed E-state index contributed by atoms with van der Waals surface area (Å²) in [4.78, 5) is 10.8. The van der Waals surface area contributed by atoms with Gasteiger partial charge in [0.1, 0.15) is 5.75 Å². The lowest BCUT2D eigenvalue weighted by atomic mass is 10.00. The fourth-order valence-corrected chi connectivity index (χ4v) is 1.62. The molecule has 0 aromatic heterocycles. The Balaban J connectivity index is 2.56. The maximum atomic E-state index is 10.8. The number of carbonyl (C=O) groups is 1. The van der Waals surface area contributed by atoms with Gasteiger partial charge in [0.2, 0.25) is 5.91 Å². The average molecular weight is 237 g/mol. The van der Waals surface area contributed by atoms with Crippen molar-refractivity contribution in [3.8, 4) is 5.75 Å². The summed E-state index contributed by atoms with van der Waals surface area (Å²) in [5.74, 6) is 0.763. The van der Waals surface area contributed by atoms with Crippen molar-refractivity contribution in [2.45, 2.75) is 13.3 Å². The predicted molar refractivity (Wildman–Crippen MR) is 66.0 cm³/mol. The van der Waals surface area contributed by atoms with Crippen molar-refractivity contribution < 1.29 is 14.6 Å². The third-order valence-electron chi connectivity index (χ3n) is 2.56. The molecule has 1 rings (SSSR count). The average Bonchev–Trinajstić information content (AvgIpc) is 2.34. The molecule has 0 radical (unpaired) electrons. The molecule has 0 spiro atoms. The number of carbonyl (C=O) groups excluding carboxylic acids is 1. The van der Waals surface area contributed by atoms with Crippen LogP contribution in [0.1, 0.15) is 12.5 Å². The molecule has 1 amide bonds. The van der Waals surface area contributed by atoms with E-state index in [0.717, 1.165) is 11.3 Å². The molecule has 1 unspecified atom stereocenters. The zero-order chi connectivity index (χ0) is 12.7. The number of rotatable bonds is 6. The first-order valence-corrected chi connectivity index (χ1v) is 5.64. The molecule has 0 saturated carbocycles. The van der Waals surface area contributed by atoms with Gasteiger partial charge >= 0.3 is 0 Å². The van der Waals surface area contributed by atoms with E-state index in [4.69, 9.17) is 4.74 Å². The number of benzene rings is 1. The van der Waals surface area contributed by atoms with Gasteiger partial charge < -0.3 is 15.2 Å². The number of hydrogen-bond donors (Lipinski definition) is 2. The first kappa shape index (κ1) is 13.5. The van der Waals surface area contributed by atoms with E-state index >= 15 is 0 Å². The number of aliphatic hydroxyl groups excluding tert-OH is 1. The molecule has 0 aliphatic rings. The van der Waals surface area contributed by atoms with Gasteiger partial charge in [0.05, 0.1) is 7.11 Å². The second-order valence-electron chi connectivity index (χ2n) is 4.04.